The molecule has 8 nitrogen and oxygen atoms in total. The number of aromatic nitrogens is 2. The Kier molecular flexibility index (Phi) is 9.71. The van der Waals surface area contributed by atoms with Crippen LogP contribution in [0.4, 0.5) is 5.69 Å². The average Bonchev–Trinajstić information content (AvgIpc) is 2.86. The maximum Gasteiger partial charge on any atom is 0.348 e. The molecule has 2 aromatic rings. The molecular formula is C25H34N4O4S. The molecule has 0 bridgehead atoms. The molecule has 1 aliphatic carbocycles. The van der Waals surface area contributed by atoms with Gasteiger partial charge in [0.25, 0.3) is 0 Å². The number of hydrogen-bond donors (Lipinski definition) is 1. The SMILES string of the molecule is CCN(CC)CCCn1c2c(c(SCC(=O)Nc3ccc(C(=O)OC)cc3)nc1=O)CCCC2. The van der Waals surface area contributed by atoms with Crippen molar-refractivity contribution in [1.29, 1.82) is 0 Å². The number of carbonyl (C=O) groups is 2. The number of hydrogen-bond acceptors (Lipinski definition) is 7. The molecule has 1 N–H and O–H groups in total. The van der Waals surface area contributed by atoms with Gasteiger partial charge in [0, 0.05) is 23.5 Å². The fraction of sp³-hybridized carbons (Fsp3) is 0.520. The van der Waals surface area contributed by atoms with Crippen LogP contribution in [0.3, 0.4) is 0 Å². The fourth-order valence-electron chi connectivity index (χ4n) is 4.23. The standard InChI is InChI=1S/C25H34N4O4S/c1-4-28(5-2)15-8-16-29-21-10-7-6-9-20(21)23(27-25(29)32)34-17-22(30)26-19-13-11-18(12-14-19)24(31)33-3/h11-14H,4-10,15-17H2,1-3H3,(H,26,30). The molecule has 184 valence electrons. The summed E-state index contributed by atoms with van der Waals surface area (Å²) >= 11 is 1.31. The van der Waals surface area contributed by atoms with Crippen LogP contribution in [0.25, 0.3) is 0 Å². The lowest BCUT2D eigenvalue weighted by atomic mass is 9.97. The van der Waals surface area contributed by atoms with Gasteiger partial charge in [0.1, 0.15) is 5.03 Å². The molecule has 0 unspecified atom stereocenters. The zero-order chi connectivity index (χ0) is 24.5. The molecule has 0 saturated heterocycles. The molecule has 1 aromatic carbocycles. The third kappa shape index (κ3) is 6.70. The van der Waals surface area contributed by atoms with E-state index < -0.39 is 5.97 Å². The normalized spacial score (nSPS) is 12.9. The van der Waals surface area contributed by atoms with E-state index in [0.717, 1.165) is 63.0 Å². The Labute approximate surface area is 205 Å². The number of fused-ring (bicyclic) bond motifs is 1. The van der Waals surface area contributed by atoms with Crippen molar-refractivity contribution in [3.05, 3.63) is 51.6 Å². The highest BCUT2D eigenvalue weighted by atomic mass is 32.2. The number of esters is 1. The highest BCUT2D eigenvalue weighted by molar-refractivity contribution is 8.00. The zero-order valence-electron chi connectivity index (χ0n) is 20.3. The molecule has 1 aliphatic rings. The summed E-state index contributed by atoms with van der Waals surface area (Å²) in [5.41, 5.74) is 3.00. The van der Waals surface area contributed by atoms with Crippen LogP contribution >= 0.6 is 11.8 Å². The highest BCUT2D eigenvalue weighted by Crippen LogP contribution is 2.28. The number of thioether (sulfide) groups is 1. The number of methoxy groups -OCH3 is 1. The van der Waals surface area contributed by atoms with Gasteiger partial charge in [-0.1, -0.05) is 25.6 Å². The van der Waals surface area contributed by atoms with E-state index in [4.69, 9.17) is 0 Å². The molecule has 0 saturated carbocycles. The van der Waals surface area contributed by atoms with Gasteiger partial charge < -0.3 is 15.0 Å². The van der Waals surface area contributed by atoms with Crippen molar-refractivity contribution in [1.82, 2.24) is 14.5 Å². The Balaban J connectivity index is 1.65. The maximum atomic E-state index is 12.9. The summed E-state index contributed by atoms with van der Waals surface area (Å²) in [5, 5.41) is 3.50. The quantitative estimate of drug-likeness (QED) is 0.296. The van der Waals surface area contributed by atoms with Crippen LogP contribution in [-0.2, 0) is 28.9 Å². The van der Waals surface area contributed by atoms with Crippen molar-refractivity contribution in [2.45, 2.75) is 57.5 Å². The summed E-state index contributed by atoms with van der Waals surface area (Å²) in [6, 6.07) is 6.53. The lowest BCUT2D eigenvalue weighted by Gasteiger charge is -2.23. The van der Waals surface area contributed by atoms with E-state index in [1.54, 1.807) is 24.3 Å². The summed E-state index contributed by atoms with van der Waals surface area (Å²) in [6.07, 6.45) is 4.82. The van der Waals surface area contributed by atoms with E-state index in [1.807, 2.05) is 4.57 Å². The molecule has 1 amide bonds. The molecule has 0 fully saturated rings. The number of amides is 1. The second kappa shape index (κ2) is 12.7. The molecule has 0 aliphatic heterocycles. The predicted octanol–water partition coefficient (Wildman–Crippen LogP) is 3.37. The third-order valence-corrected chi connectivity index (χ3v) is 7.15. The minimum absolute atomic E-state index is 0.156. The monoisotopic (exact) mass is 486 g/mol. The van der Waals surface area contributed by atoms with E-state index >= 15 is 0 Å². The van der Waals surface area contributed by atoms with Gasteiger partial charge in [-0.25, -0.2) is 9.59 Å². The van der Waals surface area contributed by atoms with Crippen LogP contribution in [-0.4, -0.2) is 58.8 Å². The van der Waals surface area contributed by atoms with E-state index in [9.17, 15) is 14.4 Å². The average molecular weight is 487 g/mol. The Bertz CT molecular complexity index is 1050. The zero-order valence-corrected chi connectivity index (χ0v) is 21.1. The molecule has 0 radical (unpaired) electrons. The van der Waals surface area contributed by atoms with Crippen molar-refractivity contribution in [2.75, 3.05) is 37.8 Å². The van der Waals surface area contributed by atoms with Crippen LogP contribution in [0, 0.1) is 0 Å². The fourth-order valence-corrected chi connectivity index (χ4v) is 5.11. The highest BCUT2D eigenvalue weighted by Gasteiger charge is 2.21. The molecule has 9 heteroatoms. The van der Waals surface area contributed by atoms with Gasteiger partial charge in [0.05, 0.1) is 18.4 Å². The Morgan fingerprint density at radius 2 is 1.85 bits per heavy atom. The molecule has 1 heterocycles. The van der Waals surface area contributed by atoms with Gasteiger partial charge in [-0.15, -0.1) is 0 Å². The van der Waals surface area contributed by atoms with Crippen molar-refractivity contribution in [2.24, 2.45) is 0 Å². The number of rotatable bonds is 11. The second-order valence-electron chi connectivity index (χ2n) is 8.27. The molecular weight excluding hydrogens is 452 g/mol. The van der Waals surface area contributed by atoms with Gasteiger partial charge in [-0.05, 0) is 76.0 Å². The number of anilines is 1. The number of ether oxygens (including phenoxy) is 1. The molecule has 0 atom stereocenters. The summed E-state index contributed by atoms with van der Waals surface area (Å²) in [6.45, 7) is 7.96. The first-order chi connectivity index (χ1) is 16.5. The summed E-state index contributed by atoms with van der Waals surface area (Å²) in [7, 11) is 1.33. The molecule has 1 aromatic heterocycles. The number of benzene rings is 1. The smallest absolute Gasteiger partial charge is 0.348 e. The molecule has 3 rings (SSSR count). The van der Waals surface area contributed by atoms with Gasteiger partial charge in [-0.2, -0.15) is 4.98 Å². The van der Waals surface area contributed by atoms with Crippen LogP contribution in [0.1, 0.15) is 54.7 Å². The minimum Gasteiger partial charge on any atom is -0.465 e. The predicted molar refractivity (Wildman–Crippen MR) is 135 cm³/mol. The second-order valence-corrected chi connectivity index (χ2v) is 9.23. The number of nitrogens with one attached hydrogen (secondary N) is 1. The first kappa shape index (κ1) is 26.0. The lowest BCUT2D eigenvalue weighted by Crippen LogP contribution is -2.32. The lowest BCUT2D eigenvalue weighted by molar-refractivity contribution is -0.113. The summed E-state index contributed by atoms with van der Waals surface area (Å²) in [5.74, 6) is -0.457. The van der Waals surface area contributed by atoms with Crippen LogP contribution in [0.15, 0.2) is 34.1 Å². The first-order valence-electron chi connectivity index (χ1n) is 11.9. The van der Waals surface area contributed by atoms with Gasteiger partial charge in [0.2, 0.25) is 5.91 Å². The topological polar surface area (TPSA) is 93.5 Å². The van der Waals surface area contributed by atoms with Crippen molar-refractivity contribution < 1.29 is 14.3 Å². The third-order valence-electron chi connectivity index (χ3n) is 6.13. The summed E-state index contributed by atoms with van der Waals surface area (Å²) < 4.78 is 6.54. The van der Waals surface area contributed by atoms with Gasteiger partial charge >= 0.3 is 11.7 Å². The Morgan fingerprint density at radius 3 is 2.53 bits per heavy atom. The maximum absolute atomic E-state index is 12.9. The number of nitrogens with zero attached hydrogens (tertiary/aromatic N) is 3. The van der Waals surface area contributed by atoms with Crippen LogP contribution in [0.5, 0.6) is 0 Å². The van der Waals surface area contributed by atoms with Crippen LogP contribution < -0.4 is 11.0 Å². The van der Waals surface area contributed by atoms with Crippen LogP contribution in [0.2, 0.25) is 0 Å². The minimum atomic E-state index is -0.424. The molecule has 34 heavy (non-hydrogen) atoms. The van der Waals surface area contributed by atoms with Gasteiger partial charge in [0.15, 0.2) is 0 Å². The van der Waals surface area contributed by atoms with Crippen molar-refractivity contribution >= 4 is 29.3 Å². The first-order valence-corrected chi connectivity index (χ1v) is 12.9. The Morgan fingerprint density at radius 1 is 1.15 bits per heavy atom. The van der Waals surface area contributed by atoms with Crippen molar-refractivity contribution in [3.8, 4) is 0 Å². The van der Waals surface area contributed by atoms with E-state index in [2.05, 4.69) is 33.8 Å². The Hall–Kier alpha value is -2.65. The van der Waals surface area contributed by atoms with E-state index in [0.29, 0.717) is 22.8 Å². The number of carbonyl (C=O) groups excluding carboxylic acids is 2. The largest absolute Gasteiger partial charge is 0.465 e. The van der Waals surface area contributed by atoms with Crippen molar-refractivity contribution in [3.63, 3.8) is 0 Å². The van der Waals surface area contributed by atoms with E-state index in [1.165, 1.54) is 18.9 Å². The molecule has 0 spiro atoms. The van der Waals surface area contributed by atoms with E-state index in [-0.39, 0.29) is 17.3 Å². The van der Waals surface area contributed by atoms with Gasteiger partial charge in [-0.3, -0.25) is 9.36 Å². The summed E-state index contributed by atoms with van der Waals surface area (Å²) in [4.78, 5) is 43.6.